The summed E-state index contributed by atoms with van der Waals surface area (Å²) >= 11 is 0. The van der Waals surface area contributed by atoms with Gasteiger partial charge in [0.2, 0.25) is 0 Å². The van der Waals surface area contributed by atoms with Gasteiger partial charge in [0.25, 0.3) is 0 Å². The zero-order chi connectivity index (χ0) is 15.1. The molecule has 1 aromatic carbocycles. The van der Waals surface area contributed by atoms with Crippen LogP contribution in [-0.4, -0.2) is 29.7 Å². The summed E-state index contributed by atoms with van der Waals surface area (Å²) < 4.78 is 5.70. The van der Waals surface area contributed by atoms with Crippen LogP contribution in [0, 0.1) is 13.8 Å². The highest BCUT2D eigenvalue weighted by Crippen LogP contribution is 2.17. The van der Waals surface area contributed by atoms with Crippen molar-refractivity contribution in [2.45, 2.75) is 20.8 Å². The first-order valence-electron chi connectivity index (χ1n) is 7.19. The Hall–Kier alpha value is -2.30. The van der Waals surface area contributed by atoms with Crippen LogP contribution in [0.2, 0.25) is 0 Å². The minimum atomic E-state index is 0.587. The fourth-order valence-corrected chi connectivity index (χ4v) is 2.02. The Morgan fingerprint density at radius 1 is 1.10 bits per heavy atom. The number of hydrogen-bond acceptors (Lipinski definition) is 5. The molecule has 1 aromatic heterocycles. The summed E-state index contributed by atoms with van der Waals surface area (Å²) in [7, 11) is 0. The van der Waals surface area contributed by atoms with Gasteiger partial charge in [0.15, 0.2) is 0 Å². The van der Waals surface area contributed by atoms with Crippen molar-refractivity contribution in [2.24, 2.45) is 0 Å². The molecule has 2 rings (SSSR count). The quantitative estimate of drug-likeness (QED) is 0.766. The normalized spacial score (nSPS) is 10.2. The fourth-order valence-electron chi connectivity index (χ4n) is 2.02. The fraction of sp³-hybridized carbons (Fsp3) is 0.375. The van der Waals surface area contributed by atoms with Crippen LogP contribution in [0.15, 0.2) is 30.6 Å². The van der Waals surface area contributed by atoms with E-state index in [0.29, 0.717) is 13.2 Å². The van der Waals surface area contributed by atoms with Gasteiger partial charge in [-0.25, -0.2) is 9.97 Å². The largest absolute Gasteiger partial charge is 0.492 e. The Bertz CT molecular complexity index is 586. The maximum Gasteiger partial charge on any atom is 0.134 e. The molecule has 112 valence electrons. The van der Waals surface area contributed by atoms with Crippen LogP contribution in [-0.2, 0) is 0 Å². The van der Waals surface area contributed by atoms with Crippen molar-refractivity contribution in [2.75, 3.05) is 30.3 Å². The summed E-state index contributed by atoms with van der Waals surface area (Å²) in [6, 6.07) is 8.04. The minimum absolute atomic E-state index is 0.587. The van der Waals surface area contributed by atoms with Gasteiger partial charge >= 0.3 is 0 Å². The zero-order valence-electron chi connectivity index (χ0n) is 12.8. The number of nitrogens with zero attached hydrogens (tertiary/aromatic N) is 2. The predicted octanol–water partition coefficient (Wildman–Crippen LogP) is 3.02. The van der Waals surface area contributed by atoms with Crippen molar-refractivity contribution in [3.63, 3.8) is 0 Å². The van der Waals surface area contributed by atoms with Gasteiger partial charge in [-0.2, -0.15) is 0 Å². The van der Waals surface area contributed by atoms with E-state index in [1.54, 1.807) is 6.33 Å². The Balaban J connectivity index is 1.85. The molecule has 0 amide bonds. The van der Waals surface area contributed by atoms with Crippen LogP contribution in [0.5, 0.6) is 5.75 Å². The van der Waals surface area contributed by atoms with E-state index in [4.69, 9.17) is 4.74 Å². The molecular formula is C16H22N4O. The van der Waals surface area contributed by atoms with E-state index in [-0.39, 0.29) is 0 Å². The molecule has 0 radical (unpaired) electrons. The molecule has 5 nitrogen and oxygen atoms in total. The lowest BCUT2D eigenvalue weighted by atomic mass is 10.2. The third kappa shape index (κ3) is 4.34. The van der Waals surface area contributed by atoms with Crippen LogP contribution in [0.4, 0.5) is 11.6 Å². The van der Waals surface area contributed by atoms with Gasteiger partial charge in [-0.1, -0.05) is 12.1 Å². The average Bonchev–Trinajstić information content (AvgIpc) is 2.47. The van der Waals surface area contributed by atoms with E-state index < -0.39 is 0 Å². The number of ether oxygens (including phenoxy) is 1. The molecule has 0 spiro atoms. The smallest absolute Gasteiger partial charge is 0.134 e. The van der Waals surface area contributed by atoms with Crippen LogP contribution in [0.25, 0.3) is 0 Å². The van der Waals surface area contributed by atoms with Gasteiger partial charge in [0.05, 0.1) is 6.54 Å². The Morgan fingerprint density at radius 3 is 2.57 bits per heavy atom. The first-order chi connectivity index (χ1) is 10.2. The molecule has 0 saturated heterocycles. The van der Waals surface area contributed by atoms with Crippen molar-refractivity contribution in [3.05, 3.63) is 41.7 Å². The van der Waals surface area contributed by atoms with Gasteiger partial charge < -0.3 is 15.4 Å². The van der Waals surface area contributed by atoms with Gasteiger partial charge in [-0.15, -0.1) is 0 Å². The summed E-state index contributed by atoms with van der Waals surface area (Å²) in [5.41, 5.74) is 2.22. The van der Waals surface area contributed by atoms with Crippen LogP contribution in [0.1, 0.15) is 18.1 Å². The number of aromatic nitrogens is 2. The number of hydrogen-bond donors (Lipinski definition) is 2. The SMILES string of the molecule is CCNc1ncnc(NCCOc2cccc(C)c2)c1C. The molecule has 21 heavy (non-hydrogen) atoms. The number of nitrogens with one attached hydrogen (secondary N) is 2. The van der Waals surface area contributed by atoms with Crippen molar-refractivity contribution < 1.29 is 4.74 Å². The highest BCUT2D eigenvalue weighted by molar-refractivity contribution is 5.56. The minimum Gasteiger partial charge on any atom is -0.492 e. The lowest BCUT2D eigenvalue weighted by molar-refractivity contribution is 0.332. The average molecular weight is 286 g/mol. The summed E-state index contributed by atoms with van der Waals surface area (Å²) in [4.78, 5) is 8.48. The third-order valence-corrected chi connectivity index (χ3v) is 3.08. The first-order valence-corrected chi connectivity index (χ1v) is 7.19. The number of aryl methyl sites for hydroxylation is 1. The van der Waals surface area contributed by atoms with Gasteiger partial charge in [0, 0.05) is 12.1 Å². The zero-order valence-corrected chi connectivity index (χ0v) is 12.8. The van der Waals surface area contributed by atoms with E-state index in [1.807, 2.05) is 32.0 Å². The lowest BCUT2D eigenvalue weighted by Gasteiger charge is -2.12. The second-order valence-electron chi connectivity index (χ2n) is 4.82. The number of rotatable bonds is 7. The van der Waals surface area contributed by atoms with E-state index in [0.717, 1.165) is 29.5 Å². The summed E-state index contributed by atoms with van der Waals surface area (Å²) in [5.74, 6) is 2.60. The predicted molar refractivity (Wildman–Crippen MR) is 86.1 cm³/mol. The second-order valence-corrected chi connectivity index (χ2v) is 4.82. The molecule has 0 aliphatic rings. The molecule has 0 aliphatic heterocycles. The monoisotopic (exact) mass is 286 g/mol. The maximum atomic E-state index is 5.70. The lowest BCUT2D eigenvalue weighted by Crippen LogP contribution is -2.14. The molecule has 2 aromatic rings. The molecule has 0 fully saturated rings. The van der Waals surface area contributed by atoms with E-state index in [1.165, 1.54) is 5.56 Å². The number of anilines is 2. The Kier molecular flexibility index (Phi) is 5.37. The number of benzene rings is 1. The van der Waals surface area contributed by atoms with Gasteiger partial charge in [0.1, 0.15) is 30.3 Å². The molecule has 1 heterocycles. The van der Waals surface area contributed by atoms with Crippen molar-refractivity contribution in [1.29, 1.82) is 0 Å². The Labute approximate surface area is 125 Å². The van der Waals surface area contributed by atoms with E-state index >= 15 is 0 Å². The topological polar surface area (TPSA) is 59.1 Å². The maximum absolute atomic E-state index is 5.70. The van der Waals surface area contributed by atoms with Crippen LogP contribution >= 0.6 is 0 Å². The third-order valence-electron chi connectivity index (χ3n) is 3.08. The van der Waals surface area contributed by atoms with Crippen molar-refractivity contribution in [1.82, 2.24) is 9.97 Å². The molecule has 0 bridgehead atoms. The second kappa shape index (κ2) is 7.47. The molecule has 0 saturated carbocycles. The van der Waals surface area contributed by atoms with Crippen molar-refractivity contribution in [3.8, 4) is 5.75 Å². The molecule has 2 N–H and O–H groups in total. The van der Waals surface area contributed by atoms with Crippen LogP contribution < -0.4 is 15.4 Å². The molecular weight excluding hydrogens is 264 g/mol. The summed E-state index contributed by atoms with van der Waals surface area (Å²) in [5, 5.41) is 6.50. The van der Waals surface area contributed by atoms with Gasteiger partial charge in [-0.3, -0.25) is 0 Å². The van der Waals surface area contributed by atoms with Crippen molar-refractivity contribution >= 4 is 11.6 Å². The standard InChI is InChI=1S/C16H22N4O/c1-4-17-15-13(3)16(20-11-19-15)18-8-9-21-14-7-5-6-12(2)10-14/h5-7,10-11H,4,8-9H2,1-3H3,(H2,17,18,19,20). The summed E-state index contributed by atoms with van der Waals surface area (Å²) in [6.07, 6.45) is 1.56. The molecule has 0 atom stereocenters. The molecule has 5 heteroatoms. The summed E-state index contributed by atoms with van der Waals surface area (Å²) in [6.45, 7) is 8.22. The first kappa shape index (κ1) is 15.1. The highest BCUT2D eigenvalue weighted by atomic mass is 16.5. The van der Waals surface area contributed by atoms with Gasteiger partial charge in [-0.05, 0) is 38.5 Å². The van der Waals surface area contributed by atoms with E-state index in [9.17, 15) is 0 Å². The van der Waals surface area contributed by atoms with E-state index in [2.05, 4.69) is 33.6 Å². The highest BCUT2D eigenvalue weighted by Gasteiger charge is 2.05. The molecule has 0 unspecified atom stereocenters. The Morgan fingerprint density at radius 2 is 1.86 bits per heavy atom. The van der Waals surface area contributed by atoms with Crippen LogP contribution in [0.3, 0.4) is 0 Å². The molecule has 0 aliphatic carbocycles.